The summed E-state index contributed by atoms with van der Waals surface area (Å²) in [6, 6.07) is 12.2. The highest BCUT2D eigenvalue weighted by Crippen LogP contribution is 2.33. The Balaban J connectivity index is 0.978. The number of aromatic nitrogens is 4. The lowest BCUT2D eigenvalue weighted by molar-refractivity contribution is -0.190. The summed E-state index contributed by atoms with van der Waals surface area (Å²) in [5.41, 5.74) is 7.95. The molecule has 2 aliphatic heterocycles. The molecule has 2 aliphatic rings. The summed E-state index contributed by atoms with van der Waals surface area (Å²) < 4.78 is 48.4. The lowest BCUT2D eigenvalue weighted by Gasteiger charge is -2.20. The largest absolute Gasteiger partial charge is 0.459 e. The summed E-state index contributed by atoms with van der Waals surface area (Å²) in [7, 11) is -3.85. The van der Waals surface area contributed by atoms with Crippen LogP contribution in [0.1, 0.15) is 27.7 Å². The van der Waals surface area contributed by atoms with E-state index in [9.17, 15) is 33.6 Å². The van der Waals surface area contributed by atoms with Gasteiger partial charge in [0.2, 0.25) is 0 Å². The Bertz CT molecular complexity index is 1920. The molecule has 49 heavy (non-hydrogen) atoms. The van der Waals surface area contributed by atoms with Gasteiger partial charge in [0.15, 0.2) is 24.0 Å². The Morgan fingerprint density at radius 3 is 2.39 bits per heavy atom. The molecule has 0 aliphatic carbocycles. The van der Waals surface area contributed by atoms with E-state index >= 15 is 0 Å². The van der Waals surface area contributed by atoms with E-state index in [-0.39, 0.29) is 28.5 Å². The van der Waals surface area contributed by atoms with Gasteiger partial charge in [-0.2, -0.15) is 13.5 Å². The Morgan fingerprint density at radius 2 is 1.65 bits per heavy atom. The molecule has 0 spiro atoms. The molecule has 0 bridgehead atoms. The van der Waals surface area contributed by atoms with Gasteiger partial charge in [0.05, 0.1) is 29.6 Å². The summed E-state index contributed by atoms with van der Waals surface area (Å²) in [5.74, 6) is -0.620. The van der Waals surface area contributed by atoms with E-state index in [0.717, 1.165) is 5.56 Å². The van der Waals surface area contributed by atoms with Crippen molar-refractivity contribution in [3.05, 3.63) is 77.9 Å². The third kappa shape index (κ3) is 7.23. The second kappa shape index (κ2) is 14.1. The number of hydrazone groups is 1. The number of nitrogen functional groups attached to an aromatic ring is 1. The van der Waals surface area contributed by atoms with Crippen LogP contribution < -0.4 is 10.6 Å². The highest BCUT2D eigenvalue weighted by atomic mass is 32.2. The zero-order valence-corrected chi connectivity index (χ0v) is 26.6. The second-order valence-electron chi connectivity index (χ2n) is 11.4. The molecule has 4 aromatic rings. The fraction of sp³-hybridized carbons (Fsp3) is 0.367. The van der Waals surface area contributed by atoms with Crippen molar-refractivity contribution < 1.29 is 52.6 Å². The van der Waals surface area contributed by atoms with E-state index < -0.39 is 71.7 Å². The molecular formula is C30H33N7O11S. The van der Waals surface area contributed by atoms with Crippen molar-refractivity contribution in [2.24, 2.45) is 5.10 Å². The van der Waals surface area contributed by atoms with E-state index in [0.29, 0.717) is 11.1 Å². The third-order valence-corrected chi connectivity index (χ3v) is 9.22. The smallest absolute Gasteiger partial charge is 0.338 e. The van der Waals surface area contributed by atoms with Crippen molar-refractivity contribution in [1.82, 2.24) is 24.4 Å². The van der Waals surface area contributed by atoms with Crippen molar-refractivity contribution in [2.45, 2.75) is 61.0 Å². The van der Waals surface area contributed by atoms with Crippen LogP contribution in [0.15, 0.2) is 71.2 Å². The number of carbonyl (C=O) groups excluding carboxylic acids is 1. The Morgan fingerprint density at radius 1 is 0.959 bits per heavy atom. The van der Waals surface area contributed by atoms with Crippen LogP contribution in [0.5, 0.6) is 0 Å². The van der Waals surface area contributed by atoms with Crippen LogP contribution in [0.3, 0.4) is 0 Å². The number of rotatable bonds is 11. The minimum absolute atomic E-state index is 0.0630. The van der Waals surface area contributed by atoms with Crippen LogP contribution in [0.4, 0.5) is 5.82 Å². The fourth-order valence-corrected chi connectivity index (χ4v) is 6.01. The lowest BCUT2D eigenvalue weighted by atomic mass is 10.1. The zero-order valence-electron chi connectivity index (χ0n) is 25.8. The first-order valence-corrected chi connectivity index (χ1v) is 16.4. The Hall–Kier alpha value is -4.60. The molecule has 2 saturated heterocycles. The Labute approximate surface area is 278 Å². The topological polar surface area (TPSA) is 263 Å². The SMILES string of the molecule is Cc1ccc(S(=O)(=O)NN=Cc2ccc(C(=O)OCC3OC(OCC4OC(n5cnc6c(N)ncnc65)C(O)C4O)C(O)C3O)cc2)cc1. The number of fused-ring (bicyclic) bond motifs is 1. The number of nitrogens with two attached hydrogens (primary N) is 1. The molecule has 8 unspecified atom stereocenters. The minimum atomic E-state index is -3.85. The maximum Gasteiger partial charge on any atom is 0.338 e. The summed E-state index contributed by atoms with van der Waals surface area (Å²) in [6.07, 6.45) is -6.63. The third-order valence-electron chi connectivity index (χ3n) is 7.98. The normalized spacial score (nSPS) is 27.2. The molecule has 2 aromatic carbocycles. The van der Waals surface area contributed by atoms with Gasteiger partial charge in [-0.05, 0) is 36.8 Å². The maximum atomic E-state index is 12.6. The summed E-state index contributed by atoms with van der Waals surface area (Å²) in [5, 5.41) is 46.0. The van der Waals surface area contributed by atoms with Crippen LogP contribution >= 0.6 is 0 Å². The molecule has 0 amide bonds. The predicted octanol–water partition coefficient (Wildman–Crippen LogP) is -1.03. The number of ether oxygens (including phenoxy) is 4. The van der Waals surface area contributed by atoms with Gasteiger partial charge in [0.25, 0.3) is 10.0 Å². The molecule has 19 heteroatoms. The number of anilines is 1. The fourth-order valence-electron chi connectivity index (χ4n) is 5.22. The van der Waals surface area contributed by atoms with Gasteiger partial charge in [0, 0.05) is 0 Å². The van der Waals surface area contributed by atoms with Gasteiger partial charge in [-0.15, -0.1) is 0 Å². The number of hydrogen-bond acceptors (Lipinski definition) is 16. The first-order valence-electron chi connectivity index (χ1n) is 14.9. The van der Waals surface area contributed by atoms with Gasteiger partial charge >= 0.3 is 5.97 Å². The number of aryl methyl sites for hydroxylation is 1. The molecule has 18 nitrogen and oxygen atoms in total. The molecule has 0 radical (unpaired) electrons. The quantitative estimate of drug-likeness (QED) is 0.0621. The molecule has 6 rings (SSSR count). The lowest BCUT2D eigenvalue weighted by Crippen LogP contribution is -2.38. The predicted molar refractivity (Wildman–Crippen MR) is 168 cm³/mol. The van der Waals surface area contributed by atoms with Crippen molar-refractivity contribution in [3.63, 3.8) is 0 Å². The van der Waals surface area contributed by atoms with Gasteiger partial charge in [-0.1, -0.05) is 29.8 Å². The first-order chi connectivity index (χ1) is 23.4. The molecule has 0 saturated carbocycles. The van der Waals surface area contributed by atoms with Crippen LogP contribution in [-0.2, 0) is 29.0 Å². The number of carbonyl (C=O) groups is 1. The number of benzene rings is 2. The molecule has 4 heterocycles. The highest BCUT2D eigenvalue weighted by Gasteiger charge is 2.48. The molecule has 2 aromatic heterocycles. The first kappa shape index (κ1) is 34.3. The minimum Gasteiger partial charge on any atom is -0.459 e. The van der Waals surface area contributed by atoms with Gasteiger partial charge in [0.1, 0.15) is 55.1 Å². The average Bonchev–Trinajstić information content (AvgIpc) is 3.73. The summed E-state index contributed by atoms with van der Waals surface area (Å²) >= 11 is 0. The number of hydrogen-bond donors (Lipinski definition) is 6. The van der Waals surface area contributed by atoms with Crippen molar-refractivity contribution in [3.8, 4) is 0 Å². The van der Waals surface area contributed by atoms with Crippen LogP contribution in [0.25, 0.3) is 11.2 Å². The highest BCUT2D eigenvalue weighted by molar-refractivity contribution is 7.89. The average molecular weight is 700 g/mol. The van der Waals surface area contributed by atoms with E-state index in [1.165, 1.54) is 59.8 Å². The van der Waals surface area contributed by atoms with E-state index in [1.54, 1.807) is 12.1 Å². The summed E-state index contributed by atoms with van der Waals surface area (Å²) in [4.78, 5) is 26.9. The standard InChI is InChI=1S/C30H33N7O11S/c1-15-2-8-18(9-3-15)49(43,44)36-35-10-16-4-6-17(7-5-16)29(42)45-11-20-23(39)25(41)30(48-20)46-12-19-22(38)24(40)28(47-19)37-14-34-21-26(31)32-13-33-27(21)37/h2-10,13-14,19-20,22-25,28,30,36,38-41H,11-12H2,1H3,(H2,31,32,33). The molecule has 260 valence electrons. The molecule has 8 atom stereocenters. The maximum absolute atomic E-state index is 12.6. The number of imidazole rings is 1. The summed E-state index contributed by atoms with van der Waals surface area (Å²) in [6.45, 7) is 1.07. The van der Waals surface area contributed by atoms with Crippen LogP contribution in [0, 0.1) is 6.92 Å². The second-order valence-corrected chi connectivity index (χ2v) is 13.0. The molecule has 7 N–H and O–H groups in total. The van der Waals surface area contributed by atoms with Crippen LogP contribution in [0.2, 0.25) is 0 Å². The van der Waals surface area contributed by atoms with Crippen LogP contribution in [-0.4, -0.2) is 117 Å². The van der Waals surface area contributed by atoms with E-state index in [4.69, 9.17) is 24.7 Å². The Kier molecular flexibility index (Phi) is 9.86. The van der Waals surface area contributed by atoms with Gasteiger partial charge < -0.3 is 45.1 Å². The van der Waals surface area contributed by atoms with Gasteiger partial charge in [-0.3, -0.25) is 4.57 Å². The van der Waals surface area contributed by atoms with Crippen molar-refractivity contribution >= 4 is 39.2 Å². The monoisotopic (exact) mass is 699 g/mol. The zero-order chi connectivity index (χ0) is 34.9. The van der Waals surface area contributed by atoms with E-state index in [1.807, 2.05) is 6.92 Å². The number of aliphatic hydroxyl groups is 4. The number of aliphatic hydroxyl groups excluding tert-OH is 4. The van der Waals surface area contributed by atoms with Crippen molar-refractivity contribution in [2.75, 3.05) is 18.9 Å². The van der Waals surface area contributed by atoms with Crippen molar-refractivity contribution in [1.29, 1.82) is 0 Å². The number of nitrogens with zero attached hydrogens (tertiary/aromatic N) is 5. The molecular weight excluding hydrogens is 666 g/mol. The number of sulfonamides is 1. The molecule has 2 fully saturated rings. The number of esters is 1. The van der Waals surface area contributed by atoms with E-state index in [2.05, 4.69) is 24.9 Å². The number of nitrogens with one attached hydrogen (secondary N) is 1. The van der Waals surface area contributed by atoms with Gasteiger partial charge in [-0.25, -0.2) is 24.6 Å².